The van der Waals surface area contributed by atoms with Crippen molar-refractivity contribution in [3.63, 3.8) is 0 Å². The average molecular weight is 574 g/mol. The molecule has 2 aliphatic rings. The Bertz CT molecular complexity index is 1580. The number of unbranched alkanes of at least 4 members (excludes halogenated alkanes) is 1. The minimum atomic E-state index is -4.15. The number of benzene rings is 4. The molecule has 0 fully saturated rings. The molecule has 6 rings (SSSR count). The van der Waals surface area contributed by atoms with E-state index in [2.05, 4.69) is 131 Å². The second-order valence-corrected chi connectivity index (χ2v) is 27.7. The van der Waals surface area contributed by atoms with Gasteiger partial charge >= 0.3 is 231 Å². The van der Waals surface area contributed by atoms with Crippen LogP contribution in [0.3, 0.4) is 0 Å². The zero-order valence-electron chi connectivity index (χ0n) is 23.0. The van der Waals surface area contributed by atoms with Crippen molar-refractivity contribution >= 4 is 6.48 Å². The predicted molar refractivity (Wildman–Crippen MR) is 162 cm³/mol. The summed E-state index contributed by atoms with van der Waals surface area (Å²) in [5.74, 6) is 0. The van der Waals surface area contributed by atoms with Gasteiger partial charge in [0.2, 0.25) is 0 Å². The first kappa shape index (κ1) is 25.4. The molecule has 38 heavy (non-hydrogen) atoms. The summed E-state index contributed by atoms with van der Waals surface area (Å²) in [5, 5.41) is 0. The SMILES string of the molecule is CCCCC1=CC[C]([Zr]([CH3])([CH3])(=[C](c2ccccc2)c2ccccc2)[c]2cccc3c2Cc2ccccc2-3)=C1. The van der Waals surface area contributed by atoms with Gasteiger partial charge in [0.1, 0.15) is 0 Å². The third kappa shape index (κ3) is 4.11. The Balaban J connectivity index is 1.73. The van der Waals surface area contributed by atoms with E-state index in [1.807, 2.05) is 0 Å². The Kier molecular flexibility index (Phi) is 6.69. The molecule has 0 atom stereocenters. The quantitative estimate of drug-likeness (QED) is 0.182. The van der Waals surface area contributed by atoms with Crippen LogP contribution in [-0.2, 0) is 24.7 Å². The molecule has 0 radical (unpaired) electrons. The number of fused-ring (bicyclic) bond motifs is 3. The van der Waals surface area contributed by atoms with Gasteiger partial charge in [-0.1, -0.05) is 0 Å². The molecule has 0 N–H and O–H groups in total. The first-order chi connectivity index (χ1) is 18.5. The third-order valence-electron chi connectivity index (χ3n) is 9.26. The summed E-state index contributed by atoms with van der Waals surface area (Å²) < 4.78 is 10.4. The van der Waals surface area contributed by atoms with E-state index >= 15 is 0 Å². The van der Waals surface area contributed by atoms with E-state index in [4.69, 9.17) is 0 Å². The zero-order valence-corrected chi connectivity index (χ0v) is 25.5. The molecule has 1 heteroatoms. The molecule has 2 aliphatic carbocycles. The molecule has 0 saturated heterocycles. The average Bonchev–Trinajstić information content (AvgIpc) is 3.59. The molecule has 0 spiro atoms. The normalized spacial score (nSPS) is 14.5. The van der Waals surface area contributed by atoms with Crippen LogP contribution in [0, 0.1) is 0 Å². The van der Waals surface area contributed by atoms with Gasteiger partial charge in [-0.05, 0) is 0 Å². The van der Waals surface area contributed by atoms with E-state index in [1.54, 1.807) is 20.9 Å². The van der Waals surface area contributed by atoms with Gasteiger partial charge in [0, 0.05) is 0 Å². The molecule has 0 heterocycles. The topological polar surface area (TPSA) is 0 Å². The van der Waals surface area contributed by atoms with Crippen molar-refractivity contribution in [3.8, 4) is 11.1 Å². The fourth-order valence-electron chi connectivity index (χ4n) is 7.23. The van der Waals surface area contributed by atoms with Crippen LogP contribution in [-0.4, -0.2) is 3.21 Å². The van der Waals surface area contributed by atoms with Crippen LogP contribution in [0.4, 0.5) is 0 Å². The Hall–Kier alpha value is -2.89. The van der Waals surface area contributed by atoms with Crippen LogP contribution >= 0.6 is 0 Å². The van der Waals surface area contributed by atoms with E-state index in [9.17, 15) is 0 Å². The van der Waals surface area contributed by atoms with Gasteiger partial charge in [-0.2, -0.15) is 0 Å². The van der Waals surface area contributed by atoms with E-state index in [1.165, 1.54) is 47.1 Å². The van der Waals surface area contributed by atoms with E-state index < -0.39 is 18.3 Å². The Morgan fingerprint density at radius 2 is 1.34 bits per heavy atom. The summed E-state index contributed by atoms with van der Waals surface area (Å²) in [7, 11) is 0. The molecular formula is C37H38Zr. The maximum atomic E-state index is 2.72. The molecule has 4 aromatic carbocycles. The predicted octanol–water partition coefficient (Wildman–Crippen LogP) is 9.34. The summed E-state index contributed by atoms with van der Waals surface area (Å²) >= 11 is -4.15. The van der Waals surface area contributed by atoms with Crippen molar-refractivity contribution < 1.29 is 18.3 Å². The molecule has 0 amide bonds. The van der Waals surface area contributed by atoms with Crippen molar-refractivity contribution in [2.75, 3.05) is 0 Å². The van der Waals surface area contributed by atoms with Crippen molar-refractivity contribution in [1.29, 1.82) is 0 Å². The van der Waals surface area contributed by atoms with Gasteiger partial charge in [0.05, 0.1) is 0 Å². The van der Waals surface area contributed by atoms with Gasteiger partial charge in [-0.3, -0.25) is 0 Å². The van der Waals surface area contributed by atoms with Crippen LogP contribution in [0.1, 0.15) is 54.9 Å². The Labute approximate surface area is 229 Å². The molecule has 0 bridgehead atoms. The van der Waals surface area contributed by atoms with Crippen LogP contribution in [0.15, 0.2) is 124 Å². The number of rotatable bonds is 7. The Morgan fingerprint density at radius 3 is 2.03 bits per heavy atom. The second-order valence-electron chi connectivity index (χ2n) is 11.9. The zero-order chi connectivity index (χ0) is 26.2. The van der Waals surface area contributed by atoms with Crippen molar-refractivity contribution in [3.05, 3.63) is 146 Å². The van der Waals surface area contributed by atoms with Crippen molar-refractivity contribution in [1.82, 2.24) is 0 Å². The molecule has 0 saturated carbocycles. The van der Waals surface area contributed by atoms with Gasteiger partial charge in [0.25, 0.3) is 0 Å². The summed E-state index contributed by atoms with van der Waals surface area (Å²) in [5.41, 5.74) is 10.2. The van der Waals surface area contributed by atoms with Gasteiger partial charge in [-0.25, -0.2) is 0 Å². The minimum absolute atomic E-state index is 1.04. The molecule has 0 aromatic heterocycles. The summed E-state index contributed by atoms with van der Waals surface area (Å²) in [4.78, 5) is 0. The number of hydrogen-bond acceptors (Lipinski definition) is 0. The van der Waals surface area contributed by atoms with Crippen molar-refractivity contribution in [2.24, 2.45) is 0 Å². The van der Waals surface area contributed by atoms with E-state index in [0.29, 0.717) is 0 Å². The van der Waals surface area contributed by atoms with Gasteiger partial charge in [-0.15, -0.1) is 0 Å². The molecule has 0 aliphatic heterocycles. The first-order valence-electron chi connectivity index (χ1n) is 14.3. The molecule has 0 nitrogen and oxygen atoms in total. The summed E-state index contributed by atoms with van der Waals surface area (Å²) in [6, 6.07) is 38.8. The Morgan fingerprint density at radius 1 is 0.711 bits per heavy atom. The van der Waals surface area contributed by atoms with Gasteiger partial charge < -0.3 is 0 Å². The monoisotopic (exact) mass is 572 g/mol. The van der Waals surface area contributed by atoms with Crippen LogP contribution in [0.2, 0.25) is 9.26 Å². The summed E-state index contributed by atoms with van der Waals surface area (Å²) in [6.45, 7) is 2.30. The number of hydrogen-bond donors (Lipinski definition) is 0. The second kappa shape index (κ2) is 10.0. The summed E-state index contributed by atoms with van der Waals surface area (Å²) in [6.07, 6.45) is 11.0. The van der Waals surface area contributed by atoms with Crippen molar-refractivity contribution in [2.45, 2.75) is 48.3 Å². The third-order valence-corrected chi connectivity index (χ3v) is 25.1. The molecular weight excluding hydrogens is 536 g/mol. The fourth-order valence-corrected chi connectivity index (χ4v) is 22.1. The van der Waals surface area contributed by atoms with E-state index in [0.717, 1.165) is 12.8 Å². The van der Waals surface area contributed by atoms with Crippen LogP contribution in [0.5, 0.6) is 0 Å². The fraction of sp³-hybridized carbons (Fsp3) is 0.216. The van der Waals surface area contributed by atoms with Crippen LogP contribution < -0.4 is 3.27 Å². The molecule has 4 aromatic rings. The standard InChI is InChI=1S/C13H9.C13H10.C9H13.2CH3.Zr/c1-3-7-12-10(5-1)9-11-6-2-4-8-13(11)12;1-3-7-12(8-4-1)11-13-9-5-2-6-10-13;1-2-3-6-9-7-4-5-8-9;;;/h1-5,7-8H,9H2;1-10H;7-8H,2-4,6H2,1H3;2*1H3;. The number of allylic oxidation sites excluding steroid dienone is 4. The van der Waals surface area contributed by atoms with Crippen LogP contribution in [0.25, 0.3) is 11.1 Å². The van der Waals surface area contributed by atoms with Gasteiger partial charge in [0.15, 0.2) is 0 Å². The maximum absolute atomic E-state index is 4.15. The molecule has 0 unspecified atom stereocenters. The first-order valence-corrected chi connectivity index (χ1v) is 22.9. The molecule has 190 valence electrons. The van der Waals surface area contributed by atoms with E-state index in [-0.39, 0.29) is 0 Å².